The number of morpholine rings is 1. The summed E-state index contributed by atoms with van der Waals surface area (Å²) in [5, 5.41) is 10.6. The van der Waals surface area contributed by atoms with Crippen LogP contribution in [0.15, 0.2) is 42.7 Å². The molecule has 0 saturated carbocycles. The molecular formula is C24H26N6O3. The summed E-state index contributed by atoms with van der Waals surface area (Å²) in [7, 11) is 1.59. The lowest BCUT2D eigenvalue weighted by Gasteiger charge is -2.34. The van der Waals surface area contributed by atoms with Crippen LogP contribution in [0.3, 0.4) is 0 Å². The molecule has 1 saturated heterocycles. The fourth-order valence-electron chi connectivity index (χ4n) is 4.16. The molecule has 1 N–H and O–H groups in total. The molecule has 0 amide bonds. The monoisotopic (exact) mass is 446 g/mol. The van der Waals surface area contributed by atoms with Gasteiger partial charge < -0.3 is 19.5 Å². The zero-order chi connectivity index (χ0) is 22.9. The lowest BCUT2D eigenvalue weighted by Crippen LogP contribution is -2.44. The molecule has 170 valence electrons. The molecule has 4 aromatic rings. The van der Waals surface area contributed by atoms with Gasteiger partial charge in [-0.1, -0.05) is 0 Å². The van der Waals surface area contributed by atoms with E-state index in [0.717, 1.165) is 34.8 Å². The number of hydrogen-bond donors (Lipinski definition) is 1. The van der Waals surface area contributed by atoms with Gasteiger partial charge in [-0.15, -0.1) is 0 Å². The number of benzene rings is 1. The number of fused-ring (bicyclic) bond motifs is 1. The van der Waals surface area contributed by atoms with Gasteiger partial charge in [0.25, 0.3) is 0 Å². The molecule has 0 spiro atoms. The lowest BCUT2D eigenvalue weighted by atomic mass is 10.1. The molecule has 0 radical (unpaired) electrons. The first-order valence-electron chi connectivity index (χ1n) is 10.9. The van der Waals surface area contributed by atoms with Gasteiger partial charge in [0, 0.05) is 30.1 Å². The van der Waals surface area contributed by atoms with Gasteiger partial charge in [0.15, 0.2) is 5.65 Å². The van der Waals surface area contributed by atoms with Gasteiger partial charge in [-0.05, 0) is 44.2 Å². The Bertz CT molecular complexity index is 1300. The van der Waals surface area contributed by atoms with E-state index in [1.165, 1.54) is 0 Å². The van der Waals surface area contributed by atoms with Gasteiger partial charge in [0.05, 0.1) is 44.1 Å². The Morgan fingerprint density at radius 1 is 1.18 bits per heavy atom. The molecule has 0 unspecified atom stereocenters. The van der Waals surface area contributed by atoms with E-state index >= 15 is 0 Å². The Kier molecular flexibility index (Phi) is 5.65. The molecule has 5 rings (SSSR count). The molecule has 1 aliphatic heterocycles. The minimum atomic E-state index is -0.115. The molecule has 1 aromatic carbocycles. The minimum Gasteiger partial charge on any atom is -0.496 e. The zero-order valence-corrected chi connectivity index (χ0v) is 18.9. The molecule has 9 nitrogen and oxygen atoms in total. The maximum absolute atomic E-state index is 9.72. The van der Waals surface area contributed by atoms with E-state index in [1.54, 1.807) is 13.3 Å². The van der Waals surface area contributed by atoms with Crippen LogP contribution in [0.4, 0.5) is 5.82 Å². The number of methoxy groups -OCH3 is 1. The summed E-state index contributed by atoms with van der Waals surface area (Å²) in [5.41, 5.74) is 2.94. The second kappa shape index (κ2) is 8.76. The van der Waals surface area contributed by atoms with Gasteiger partial charge in [-0.3, -0.25) is 4.57 Å². The number of anilines is 1. The van der Waals surface area contributed by atoms with E-state index in [2.05, 4.69) is 16.8 Å². The number of imidazole rings is 1. The Morgan fingerprint density at radius 3 is 2.79 bits per heavy atom. The van der Waals surface area contributed by atoms with Crippen molar-refractivity contribution in [3.05, 3.63) is 54.1 Å². The largest absolute Gasteiger partial charge is 0.496 e. The topological polar surface area (TPSA) is 98.4 Å². The van der Waals surface area contributed by atoms with Crippen molar-refractivity contribution in [3.8, 4) is 23.0 Å². The Labute approximate surface area is 191 Å². The average molecular weight is 447 g/mol. The van der Waals surface area contributed by atoms with Crippen molar-refractivity contribution in [1.82, 2.24) is 24.5 Å². The lowest BCUT2D eigenvalue weighted by molar-refractivity contribution is 0.0987. The highest BCUT2D eigenvalue weighted by Gasteiger charge is 2.24. The number of aliphatic hydroxyl groups is 1. The average Bonchev–Trinajstić information content (AvgIpc) is 3.28. The van der Waals surface area contributed by atoms with Crippen LogP contribution in [0.2, 0.25) is 0 Å². The van der Waals surface area contributed by atoms with Crippen molar-refractivity contribution in [2.75, 3.05) is 31.8 Å². The number of aryl methyl sites for hydroxylation is 1. The Morgan fingerprint density at radius 2 is 2.06 bits per heavy atom. The number of rotatable bonds is 5. The van der Waals surface area contributed by atoms with Crippen LogP contribution in [0.25, 0.3) is 28.2 Å². The number of ether oxygens (including phenoxy) is 2. The highest BCUT2D eigenvalue weighted by Crippen LogP contribution is 2.31. The van der Waals surface area contributed by atoms with Crippen LogP contribution >= 0.6 is 0 Å². The minimum absolute atomic E-state index is 0.115. The predicted molar refractivity (Wildman–Crippen MR) is 125 cm³/mol. The van der Waals surface area contributed by atoms with E-state index < -0.39 is 0 Å². The highest BCUT2D eigenvalue weighted by atomic mass is 16.5. The molecule has 0 aliphatic carbocycles. The number of aliphatic hydroxyl groups excluding tert-OH is 1. The first kappa shape index (κ1) is 21.3. The third kappa shape index (κ3) is 3.90. The summed E-state index contributed by atoms with van der Waals surface area (Å²) in [6, 6.07) is 9.82. The molecule has 33 heavy (non-hydrogen) atoms. The summed E-state index contributed by atoms with van der Waals surface area (Å²) >= 11 is 0. The van der Waals surface area contributed by atoms with Crippen molar-refractivity contribution >= 4 is 16.9 Å². The zero-order valence-electron chi connectivity index (χ0n) is 18.9. The van der Waals surface area contributed by atoms with Crippen LogP contribution < -0.4 is 9.64 Å². The molecule has 4 heterocycles. The van der Waals surface area contributed by atoms with Crippen molar-refractivity contribution < 1.29 is 14.6 Å². The summed E-state index contributed by atoms with van der Waals surface area (Å²) in [6.45, 7) is 5.97. The molecule has 0 bridgehead atoms. The standard InChI is InChI=1S/C24H26N6O3/c1-15-14-33-11-10-29(15)23-19-5-6-20(17-4-7-21(32-3)18(12-17)13-31)26-22(19)27-24(28-23)30-9-8-25-16(30)2/h4-9,12,15,31H,10-11,13-14H2,1-3H3/t15-/m0/s1. The number of nitrogens with zero attached hydrogens (tertiary/aromatic N) is 6. The molecular weight excluding hydrogens is 420 g/mol. The van der Waals surface area contributed by atoms with E-state index in [9.17, 15) is 5.11 Å². The summed E-state index contributed by atoms with van der Waals surface area (Å²) in [4.78, 5) is 21.2. The predicted octanol–water partition coefficient (Wildman–Crippen LogP) is 2.91. The smallest absolute Gasteiger partial charge is 0.239 e. The Hall–Kier alpha value is -3.56. The summed E-state index contributed by atoms with van der Waals surface area (Å²) in [5.74, 6) is 2.81. The second-order valence-corrected chi connectivity index (χ2v) is 8.06. The van der Waals surface area contributed by atoms with Crippen LogP contribution in [0.1, 0.15) is 18.3 Å². The van der Waals surface area contributed by atoms with Crippen molar-refractivity contribution in [3.63, 3.8) is 0 Å². The van der Waals surface area contributed by atoms with Crippen molar-refractivity contribution in [2.24, 2.45) is 0 Å². The number of pyridine rings is 1. The van der Waals surface area contributed by atoms with Gasteiger partial charge in [0.2, 0.25) is 5.95 Å². The maximum atomic E-state index is 9.72. The summed E-state index contributed by atoms with van der Waals surface area (Å²) in [6.07, 6.45) is 3.58. The van der Waals surface area contributed by atoms with E-state index in [0.29, 0.717) is 36.1 Å². The molecule has 1 atom stereocenters. The fraction of sp³-hybridized carbons (Fsp3) is 0.333. The van der Waals surface area contributed by atoms with E-state index in [-0.39, 0.29) is 12.6 Å². The van der Waals surface area contributed by atoms with Crippen LogP contribution in [-0.2, 0) is 11.3 Å². The van der Waals surface area contributed by atoms with Gasteiger partial charge in [0.1, 0.15) is 17.4 Å². The van der Waals surface area contributed by atoms with Crippen molar-refractivity contribution in [2.45, 2.75) is 26.5 Å². The molecule has 1 aliphatic rings. The highest BCUT2D eigenvalue weighted by molar-refractivity contribution is 5.89. The van der Waals surface area contributed by atoms with Crippen molar-refractivity contribution in [1.29, 1.82) is 0 Å². The van der Waals surface area contributed by atoms with Gasteiger partial charge in [-0.2, -0.15) is 9.97 Å². The second-order valence-electron chi connectivity index (χ2n) is 8.06. The van der Waals surface area contributed by atoms with E-state index in [1.807, 2.05) is 48.0 Å². The van der Waals surface area contributed by atoms with Crippen LogP contribution in [0, 0.1) is 6.92 Å². The maximum Gasteiger partial charge on any atom is 0.239 e. The normalized spacial score (nSPS) is 16.4. The van der Waals surface area contributed by atoms with Crippen LogP contribution in [0.5, 0.6) is 5.75 Å². The molecule has 3 aromatic heterocycles. The third-order valence-electron chi connectivity index (χ3n) is 5.96. The number of hydrogen-bond acceptors (Lipinski definition) is 8. The van der Waals surface area contributed by atoms with Crippen LogP contribution in [-0.4, -0.2) is 62.5 Å². The fourth-order valence-corrected chi connectivity index (χ4v) is 4.16. The SMILES string of the molecule is COc1ccc(-c2ccc3c(N4CCOC[C@@H]4C)nc(-n4ccnc4C)nc3n2)cc1CO. The molecule has 9 heteroatoms. The number of aromatic nitrogens is 5. The first-order valence-corrected chi connectivity index (χ1v) is 10.9. The van der Waals surface area contributed by atoms with E-state index in [4.69, 9.17) is 24.4 Å². The molecule has 1 fully saturated rings. The third-order valence-corrected chi connectivity index (χ3v) is 5.96. The van der Waals surface area contributed by atoms with Gasteiger partial charge >= 0.3 is 0 Å². The summed E-state index contributed by atoms with van der Waals surface area (Å²) < 4.78 is 12.8. The quantitative estimate of drug-likeness (QED) is 0.500. The first-order chi connectivity index (χ1) is 16.1. The Balaban J connectivity index is 1.68. The van der Waals surface area contributed by atoms with Gasteiger partial charge in [-0.25, -0.2) is 9.97 Å².